The number of hydrogen-bond acceptors (Lipinski definition) is 0. The Bertz CT molecular complexity index is 60.5. The molecule has 1 fully saturated rings. The van der Waals surface area contributed by atoms with Gasteiger partial charge in [0.25, 0.3) is 0 Å². The topological polar surface area (TPSA) is 0 Å². The summed E-state index contributed by atoms with van der Waals surface area (Å²) in [5.74, 6) is 0. The summed E-state index contributed by atoms with van der Waals surface area (Å²) in [7, 11) is 7.21. The van der Waals surface area contributed by atoms with Crippen LogP contribution in [-0.2, 0) is 0 Å². The molecule has 0 nitrogen and oxygen atoms in total. The first kappa shape index (κ1) is 5.57. The lowest BCUT2D eigenvalue weighted by Gasteiger charge is -2.12. The Labute approximate surface area is 51.5 Å². The third kappa shape index (κ3) is 1.42. The molecule has 1 aliphatic carbocycles. The van der Waals surface area contributed by atoms with Crippen LogP contribution in [0.25, 0.3) is 0 Å². The van der Waals surface area contributed by atoms with Gasteiger partial charge < -0.3 is 0 Å². The van der Waals surface area contributed by atoms with E-state index in [1.54, 1.807) is 0 Å². The van der Waals surface area contributed by atoms with E-state index in [1.165, 1.54) is 25.7 Å². The van der Waals surface area contributed by atoms with Crippen LogP contribution >= 0.6 is 0 Å². The van der Waals surface area contributed by atoms with Crippen molar-refractivity contribution in [2.24, 2.45) is 0 Å². The molecule has 0 heterocycles. The minimum atomic E-state index is 0.306. The molecular formula is C5H8Si2. The Morgan fingerprint density at radius 2 is 1.43 bits per heavy atom. The Kier molecular flexibility index (Phi) is 1.39. The van der Waals surface area contributed by atoms with E-state index in [0.717, 1.165) is 0 Å². The van der Waals surface area contributed by atoms with Crippen molar-refractivity contribution in [3.63, 3.8) is 0 Å². The summed E-state index contributed by atoms with van der Waals surface area (Å²) >= 11 is 0. The first-order valence-corrected chi connectivity index (χ1v) is 3.71. The highest BCUT2D eigenvalue weighted by Gasteiger charge is 2.22. The molecular weight excluding hydrogens is 116 g/mol. The van der Waals surface area contributed by atoms with Gasteiger partial charge >= 0.3 is 0 Å². The van der Waals surface area contributed by atoms with Gasteiger partial charge in [0.1, 0.15) is 0 Å². The predicted molar refractivity (Wildman–Crippen MR) is 32.7 cm³/mol. The summed E-state index contributed by atoms with van der Waals surface area (Å²) in [6.45, 7) is 0. The molecule has 6 radical (unpaired) electrons. The van der Waals surface area contributed by atoms with Crippen molar-refractivity contribution in [3.8, 4) is 0 Å². The fraction of sp³-hybridized carbons (Fsp3) is 1.00. The molecule has 0 aromatic carbocycles. The lowest BCUT2D eigenvalue weighted by atomic mass is 10.3. The molecule has 1 saturated carbocycles. The van der Waals surface area contributed by atoms with Crippen molar-refractivity contribution in [3.05, 3.63) is 0 Å². The van der Waals surface area contributed by atoms with Gasteiger partial charge in [0, 0.05) is 20.5 Å². The fourth-order valence-corrected chi connectivity index (χ4v) is 1.69. The third-order valence-corrected chi connectivity index (χ3v) is 2.46. The maximum Gasteiger partial charge on any atom is 0.0262 e. The van der Waals surface area contributed by atoms with Gasteiger partial charge in [0.05, 0.1) is 0 Å². The molecule has 1 aliphatic rings. The molecule has 7 heavy (non-hydrogen) atoms. The molecule has 0 spiro atoms. The van der Waals surface area contributed by atoms with Crippen LogP contribution in [0, 0.1) is 0 Å². The first-order chi connectivity index (χ1) is 3.21. The van der Waals surface area contributed by atoms with E-state index in [-0.39, 0.29) is 0 Å². The van der Waals surface area contributed by atoms with Crippen LogP contribution in [0.4, 0.5) is 0 Å². The first-order valence-electron chi connectivity index (χ1n) is 2.71. The second kappa shape index (κ2) is 1.74. The van der Waals surface area contributed by atoms with Crippen molar-refractivity contribution in [2.75, 3.05) is 0 Å². The molecule has 0 aliphatic heterocycles. The second-order valence-electron chi connectivity index (χ2n) is 2.29. The van der Waals surface area contributed by atoms with Crippen molar-refractivity contribution < 1.29 is 0 Å². The smallest absolute Gasteiger partial charge is 0.0262 e. The lowest BCUT2D eigenvalue weighted by Crippen LogP contribution is -2.05. The van der Waals surface area contributed by atoms with Gasteiger partial charge in [-0.3, -0.25) is 0 Å². The van der Waals surface area contributed by atoms with E-state index in [0.29, 0.717) is 4.66 Å². The Morgan fingerprint density at radius 1 is 1.00 bits per heavy atom. The third-order valence-electron chi connectivity index (χ3n) is 1.46. The van der Waals surface area contributed by atoms with Crippen LogP contribution < -0.4 is 0 Å². The normalized spacial score (nSPS) is 28.3. The van der Waals surface area contributed by atoms with Crippen molar-refractivity contribution in [2.45, 2.75) is 30.3 Å². The summed E-state index contributed by atoms with van der Waals surface area (Å²) in [6.07, 6.45) is 5.29. The van der Waals surface area contributed by atoms with Gasteiger partial charge in [-0.25, -0.2) is 0 Å². The van der Waals surface area contributed by atoms with Gasteiger partial charge in [0.2, 0.25) is 0 Å². The van der Waals surface area contributed by atoms with Gasteiger partial charge in [-0.2, -0.15) is 0 Å². The van der Waals surface area contributed by atoms with Crippen LogP contribution in [0.1, 0.15) is 25.7 Å². The minimum Gasteiger partial charge on any atom is -0.0537 e. The summed E-state index contributed by atoms with van der Waals surface area (Å²) in [5, 5.41) is 0. The highest BCUT2D eigenvalue weighted by molar-refractivity contribution is 6.39. The Morgan fingerprint density at radius 3 is 1.57 bits per heavy atom. The molecule has 0 aromatic heterocycles. The quantitative estimate of drug-likeness (QED) is 0.423. The number of hydrogen-bond donors (Lipinski definition) is 0. The molecule has 0 N–H and O–H groups in total. The zero-order valence-electron chi connectivity index (χ0n) is 4.33. The molecule has 2 heteroatoms. The molecule has 0 aromatic rings. The SMILES string of the molecule is [Si]C1([Si])CCCC1. The summed E-state index contributed by atoms with van der Waals surface area (Å²) in [6, 6.07) is 0. The maximum atomic E-state index is 3.60. The average Bonchev–Trinajstić information content (AvgIpc) is 1.84. The zero-order valence-corrected chi connectivity index (χ0v) is 6.33. The van der Waals surface area contributed by atoms with Gasteiger partial charge in [-0.15, -0.1) is 0 Å². The average molecular weight is 124 g/mol. The molecule has 0 amide bonds. The second-order valence-corrected chi connectivity index (χ2v) is 4.70. The zero-order chi connectivity index (χ0) is 5.33. The van der Waals surface area contributed by atoms with E-state index in [2.05, 4.69) is 20.5 Å². The van der Waals surface area contributed by atoms with E-state index in [9.17, 15) is 0 Å². The van der Waals surface area contributed by atoms with E-state index < -0.39 is 0 Å². The van der Waals surface area contributed by atoms with Crippen LogP contribution in [0.3, 0.4) is 0 Å². The van der Waals surface area contributed by atoms with E-state index in [4.69, 9.17) is 0 Å². The highest BCUT2D eigenvalue weighted by Crippen LogP contribution is 2.37. The van der Waals surface area contributed by atoms with Gasteiger partial charge in [0.15, 0.2) is 0 Å². The molecule has 0 bridgehead atoms. The van der Waals surface area contributed by atoms with Crippen LogP contribution in [-0.4, -0.2) is 20.5 Å². The predicted octanol–water partition coefficient (Wildman–Crippen LogP) is 1.01. The molecule has 0 saturated heterocycles. The molecule has 0 unspecified atom stereocenters. The monoisotopic (exact) mass is 124 g/mol. The lowest BCUT2D eigenvalue weighted by molar-refractivity contribution is 0.796. The Balaban J connectivity index is 2.40. The van der Waals surface area contributed by atoms with Crippen LogP contribution in [0.2, 0.25) is 4.66 Å². The highest BCUT2D eigenvalue weighted by atomic mass is 28.2. The standard InChI is InChI=1S/C5H8Si2/c6-5(7)3-1-2-4-5/h1-4H2. The Hall–Kier alpha value is 0.434. The summed E-state index contributed by atoms with van der Waals surface area (Å²) in [5.41, 5.74) is 0. The van der Waals surface area contributed by atoms with E-state index >= 15 is 0 Å². The van der Waals surface area contributed by atoms with Gasteiger partial charge in [-0.05, 0) is 0 Å². The molecule has 36 valence electrons. The maximum absolute atomic E-state index is 3.60. The van der Waals surface area contributed by atoms with Gasteiger partial charge in [-0.1, -0.05) is 30.3 Å². The van der Waals surface area contributed by atoms with Crippen molar-refractivity contribution in [1.82, 2.24) is 0 Å². The van der Waals surface area contributed by atoms with E-state index in [1.807, 2.05) is 0 Å². The fourth-order valence-electron chi connectivity index (χ4n) is 0.979. The number of rotatable bonds is 0. The summed E-state index contributed by atoms with van der Waals surface area (Å²) < 4.78 is 0.306. The molecule has 0 atom stereocenters. The molecule has 1 rings (SSSR count). The van der Waals surface area contributed by atoms with Crippen molar-refractivity contribution >= 4 is 20.5 Å². The minimum absolute atomic E-state index is 0.306. The van der Waals surface area contributed by atoms with Crippen molar-refractivity contribution in [1.29, 1.82) is 0 Å². The van der Waals surface area contributed by atoms with Crippen LogP contribution in [0.15, 0.2) is 0 Å². The largest absolute Gasteiger partial charge is 0.0537 e. The van der Waals surface area contributed by atoms with Crippen LogP contribution in [0.5, 0.6) is 0 Å². The summed E-state index contributed by atoms with van der Waals surface area (Å²) in [4.78, 5) is 0.